The fourth-order valence-corrected chi connectivity index (χ4v) is 2.87. The summed E-state index contributed by atoms with van der Waals surface area (Å²) >= 11 is 0. The van der Waals surface area contributed by atoms with Gasteiger partial charge < -0.3 is 14.9 Å². The number of methoxy groups -OCH3 is 1. The van der Waals surface area contributed by atoms with Crippen LogP contribution < -0.4 is 10.2 Å². The molecule has 0 aliphatic rings. The van der Waals surface area contributed by atoms with Crippen molar-refractivity contribution in [1.82, 2.24) is 5.43 Å². The summed E-state index contributed by atoms with van der Waals surface area (Å²) < 4.78 is 5.16. The number of benzene rings is 3. The lowest BCUT2D eigenvalue weighted by Crippen LogP contribution is -2.17. The van der Waals surface area contributed by atoms with Crippen molar-refractivity contribution in [2.75, 3.05) is 7.11 Å². The summed E-state index contributed by atoms with van der Waals surface area (Å²) in [6, 6.07) is 13.9. The highest BCUT2D eigenvalue weighted by atomic mass is 16.5. The van der Waals surface area contributed by atoms with E-state index in [1.54, 1.807) is 30.3 Å². The van der Waals surface area contributed by atoms with Gasteiger partial charge in [0.1, 0.15) is 5.75 Å². The van der Waals surface area contributed by atoms with Crippen LogP contribution in [-0.2, 0) is 6.42 Å². The standard InChI is InChI=1S/C22H20N2O4/c1-3-6-17-9-14(10-20(28-2)21(17)26)13-23-24-22(27)18-11-15-7-4-5-8-16(15)12-19(18)25/h3-5,7-13,25-26H,1,6H2,2H3,(H,24,27). The lowest BCUT2D eigenvalue weighted by atomic mass is 10.1. The number of allylic oxidation sites excluding steroid dienone is 1. The van der Waals surface area contributed by atoms with Gasteiger partial charge >= 0.3 is 0 Å². The molecule has 3 rings (SSSR count). The Morgan fingerprint density at radius 3 is 2.57 bits per heavy atom. The summed E-state index contributed by atoms with van der Waals surface area (Å²) in [5, 5.41) is 25.9. The molecule has 0 heterocycles. The molecule has 3 aromatic carbocycles. The topological polar surface area (TPSA) is 91.2 Å². The number of nitrogens with zero attached hydrogens (tertiary/aromatic N) is 1. The van der Waals surface area contributed by atoms with Crippen LogP contribution in [-0.4, -0.2) is 29.4 Å². The normalized spacial score (nSPS) is 10.9. The fraction of sp³-hybridized carbons (Fsp3) is 0.0909. The molecule has 0 bridgehead atoms. The van der Waals surface area contributed by atoms with Crippen LogP contribution in [0.2, 0.25) is 0 Å². The van der Waals surface area contributed by atoms with E-state index in [1.165, 1.54) is 13.3 Å². The summed E-state index contributed by atoms with van der Waals surface area (Å²) in [6.45, 7) is 3.66. The monoisotopic (exact) mass is 376 g/mol. The van der Waals surface area contributed by atoms with Gasteiger partial charge in [-0.15, -0.1) is 6.58 Å². The minimum absolute atomic E-state index is 0.0460. The smallest absolute Gasteiger partial charge is 0.275 e. The van der Waals surface area contributed by atoms with Crippen molar-refractivity contribution in [3.63, 3.8) is 0 Å². The van der Waals surface area contributed by atoms with Gasteiger partial charge in [-0.2, -0.15) is 5.10 Å². The van der Waals surface area contributed by atoms with Crippen molar-refractivity contribution in [3.8, 4) is 17.2 Å². The Morgan fingerprint density at radius 1 is 1.18 bits per heavy atom. The molecule has 0 saturated heterocycles. The highest BCUT2D eigenvalue weighted by Crippen LogP contribution is 2.31. The average Bonchev–Trinajstić information content (AvgIpc) is 2.69. The van der Waals surface area contributed by atoms with E-state index in [1.807, 2.05) is 24.3 Å². The summed E-state index contributed by atoms with van der Waals surface area (Å²) in [5.74, 6) is -0.300. The molecule has 3 N–H and O–H groups in total. The summed E-state index contributed by atoms with van der Waals surface area (Å²) in [6.07, 6.45) is 3.56. The molecule has 0 radical (unpaired) electrons. The van der Waals surface area contributed by atoms with Gasteiger partial charge in [-0.25, -0.2) is 5.43 Å². The number of ether oxygens (including phenoxy) is 1. The number of amides is 1. The highest BCUT2D eigenvalue weighted by molar-refractivity contribution is 6.01. The minimum atomic E-state index is -0.531. The van der Waals surface area contributed by atoms with Crippen LogP contribution >= 0.6 is 0 Å². The number of fused-ring (bicyclic) bond motifs is 1. The van der Waals surface area contributed by atoms with E-state index in [0.717, 1.165) is 10.8 Å². The molecular formula is C22H20N2O4. The molecule has 28 heavy (non-hydrogen) atoms. The third-order valence-corrected chi connectivity index (χ3v) is 4.25. The third kappa shape index (κ3) is 3.96. The molecule has 3 aromatic rings. The van der Waals surface area contributed by atoms with Crippen molar-refractivity contribution in [2.24, 2.45) is 5.10 Å². The van der Waals surface area contributed by atoms with Gasteiger partial charge in [-0.05, 0) is 47.0 Å². The lowest BCUT2D eigenvalue weighted by Gasteiger charge is -2.09. The number of carbonyl (C=O) groups excluding carboxylic acids is 1. The van der Waals surface area contributed by atoms with E-state index in [4.69, 9.17) is 4.74 Å². The number of aromatic hydroxyl groups is 2. The van der Waals surface area contributed by atoms with Crippen LogP contribution in [0.5, 0.6) is 17.2 Å². The largest absolute Gasteiger partial charge is 0.507 e. The van der Waals surface area contributed by atoms with Crippen LogP contribution in [0.1, 0.15) is 21.5 Å². The second-order valence-corrected chi connectivity index (χ2v) is 6.14. The van der Waals surface area contributed by atoms with Gasteiger partial charge in [0.2, 0.25) is 0 Å². The molecule has 6 heteroatoms. The Kier molecular flexibility index (Phi) is 5.60. The van der Waals surface area contributed by atoms with Gasteiger partial charge in [0.25, 0.3) is 5.91 Å². The number of hydrogen-bond donors (Lipinski definition) is 3. The first-order valence-corrected chi connectivity index (χ1v) is 8.59. The summed E-state index contributed by atoms with van der Waals surface area (Å²) in [4.78, 5) is 12.4. The van der Waals surface area contributed by atoms with Crippen molar-refractivity contribution >= 4 is 22.9 Å². The zero-order valence-electron chi connectivity index (χ0n) is 15.3. The third-order valence-electron chi connectivity index (χ3n) is 4.25. The number of hydrazone groups is 1. The molecule has 0 saturated carbocycles. The molecule has 6 nitrogen and oxygen atoms in total. The van der Waals surface area contributed by atoms with E-state index in [-0.39, 0.29) is 17.1 Å². The zero-order chi connectivity index (χ0) is 20.1. The molecule has 0 aliphatic heterocycles. The number of phenols is 2. The SMILES string of the molecule is C=CCc1cc(C=NNC(=O)c2cc3ccccc3cc2O)cc(OC)c1O. The van der Waals surface area contributed by atoms with Crippen LogP contribution in [0.25, 0.3) is 10.8 Å². The second kappa shape index (κ2) is 8.26. The van der Waals surface area contributed by atoms with Crippen LogP contribution in [0, 0.1) is 0 Å². The van der Waals surface area contributed by atoms with Crippen LogP contribution in [0.15, 0.2) is 66.3 Å². The molecular weight excluding hydrogens is 356 g/mol. The molecule has 0 aliphatic carbocycles. The maximum absolute atomic E-state index is 12.4. The van der Waals surface area contributed by atoms with E-state index in [9.17, 15) is 15.0 Å². The van der Waals surface area contributed by atoms with Gasteiger partial charge in [-0.1, -0.05) is 30.3 Å². The predicted octanol–water partition coefficient (Wildman–Crippen LogP) is 3.75. The lowest BCUT2D eigenvalue weighted by molar-refractivity contribution is 0.0952. The Hall–Kier alpha value is -3.80. The summed E-state index contributed by atoms with van der Waals surface area (Å²) in [5.41, 5.74) is 3.80. The molecule has 1 amide bonds. The van der Waals surface area contributed by atoms with Gasteiger partial charge in [0.05, 0.1) is 18.9 Å². The van der Waals surface area contributed by atoms with Crippen molar-refractivity contribution in [2.45, 2.75) is 6.42 Å². The highest BCUT2D eigenvalue weighted by Gasteiger charge is 2.12. The quantitative estimate of drug-likeness (QED) is 0.347. The molecule has 0 fully saturated rings. The predicted molar refractivity (Wildman–Crippen MR) is 109 cm³/mol. The molecule has 0 aromatic heterocycles. The van der Waals surface area contributed by atoms with E-state index in [0.29, 0.717) is 23.3 Å². The van der Waals surface area contributed by atoms with Crippen molar-refractivity contribution in [1.29, 1.82) is 0 Å². The first kappa shape index (κ1) is 19.0. The number of phenolic OH excluding ortho intramolecular Hbond substituents is 2. The van der Waals surface area contributed by atoms with E-state index < -0.39 is 5.91 Å². The van der Waals surface area contributed by atoms with Crippen LogP contribution in [0.3, 0.4) is 0 Å². The molecule has 0 unspecified atom stereocenters. The van der Waals surface area contributed by atoms with Crippen molar-refractivity contribution < 1.29 is 19.7 Å². The van der Waals surface area contributed by atoms with Gasteiger partial charge in [0.15, 0.2) is 11.5 Å². The number of hydrogen-bond acceptors (Lipinski definition) is 5. The van der Waals surface area contributed by atoms with Crippen molar-refractivity contribution in [3.05, 3.63) is 77.9 Å². The Morgan fingerprint density at radius 2 is 1.89 bits per heavy atom. The maximum Gasteiger partial charge on any atom is 0.275 e. The first-order chi connectivity index (χ1) is 13.5. The Bertz CT molecular complexity index is 1070. The zero-order valence-corrected chi connectivity index (χ0v) is 15.3. The number of nitrogens with one attached hydrogen (secondary N) is 1. The van der Waals surface area contributed by atoms with E-state index >= 15 is 0 Å². The Balaban J connectivity index is 1.81. The van der Waals surface area contributed by atoms with Gasteiger partial charge in [0, 0.05) is 5.56 Å². The molecule has 142 valence electrons. The van der Waals surface area contributed by atoms with E-state index in [2.05, 4.69) is 17.1 Å². The van der Waals surface area contributed by atoms with Crippen LogP contribution in [0.4, 0.5) is 0 Å². The Labute approximate surface area is 162 Å². The maximum atomic E-state index is 12.4. The second-order valence-electron chi connectivity index (χ2n) is 6.14. The van der Waals surface area contributed by atoms with Gasteiger partial charge in [-0.3, -0.25) is 4.79 Å². The number of carbonyl (C=O) groups is 1. The number of rotatable bonds is 6. The molecule has 0 atom stereocenters. The molecule has 0 spiro atoms. The fourth-order valence-electron chi connectivity index (χ4n) is 2.87. The first-order valence-electron chi connectivity index (χ1n) is 8.59. The summed E-state index contributed by atoms with van der Waals surface area (Å²) in [7, 11) is 1.46. The average molecular weight is 376 g/mol. The minimum Gasteiger partial charge on any atom is -0.507 e.